The van der Waals surface area contributed by atoms with Crippen molar-refractivity contribution in [3.8, 4) is 17.3 Å². The molecule has 2 rings (SSSR count). The number of hydrogen-bond acceptors (Lipinski definition) is 5. The molecule has 2 aromatic rings. The van der Waals surface area contributed by atoms with Crippen LogP contribution < -0.4 is 5.56 Å². The van der Waals surface area contributed by atoms with Crippen molar-refractivity contribution in [1.29, 1.82) is 5.26 Å². The fourth-order valence-corrected chi connectivity index (χ4v) is 1.67. The fourth-order valence-electron chi connectivity index (χ4n) is 1.67. The molecular weight excluding hydrogens is 248 g/mol. The minimum absolute atomic E-state index is 0.124. The molecule has 1 aromatic carbocycles. The van der Waals surface area contributed by atoms with E-state index in [0.717, 1.165) is 0 Å². The van der Waals surface area contributed by atoms with E-state index < -0.39 is 10.5 Å². The third kappa shape index (κ3) is 2.32. The number of hydrogen-bond donors (Lipinski definition) is 1. The standard InChI is InChI=1S/C12H8N4O3/c1-7-14-11(10(6-13)12(17)15-7)8-3-2-4-9(5-8)16(18)19/h2-5H,1H3,(H,14,15,17). The van der Waals surface area contributed by atoms with Gasteiger partial charge in [0, 0.05) is 17.7 Å². The van der Waals surface area contributed by atoms with Crippen molar-refractivity contribution in [2.24, 2.45) is 0 Å². The monoisotopic (exact) mass is 256 g/mol. The van der Waals surface area contributed by atoms with Crippen LogP contribution in [0, 0.1) is 28.4 Å². The molecule has 7 nitrogen and oxygen atoms in total. The summed E-state index contributed by atoms with van der Waals surface area (Å²) in [7, 11) is 0. The number of nitrogens with one attached hydrogen (secondary N) is 1. The zero-order valence-electron chi connectivity index (χ0n) is 9.88. The third-order valence-corrected chi connectivity index (χ3v) is 2.48. The van der Waals surface area contributed by atoms with Crippen molar-refractivity contribution < 1.29 is 4.92 Å². The average molecular weight is 256 g/mol. The van der Waals surface area contributed by atoms with Gasteiger partial charge in [0.1, 0.15) is 17.5 Å². The van der Waals surface area contributed by atoms with Crippen molar-refractivity contribution >= 4 is 5.69 Å². The van der Waals surface area contributed by atoms with Gasteiger partial charge in [-0.2, -0.15) is 5.26 Å². The van der Waals surface area contributed by atoms with Crippen LogP contribution in [0.25, 0.3) is 11.3 Å². The minimum Gasteiger partial charge on any atom is -0.310 e. The maximum absolute atomic E-state index is 11.6. The fraction of sp³-hybridized carbons (Fsp3) is 0.0833. The van der Waals surface area contributed by atoms with Crippen molar-refractivity contribution in [2.45, 2.75) is 6.92 Å². The maximum Gasteiger partial charge on any atom is 0.270 e. The van der Waals surface area contributed by atoms with Gasteiger partial charge >= 0.3 is 0 Å². The van der Waals surface area contributed by atoms with Crippen molar-refractivity contribution in [1.82, 2.24) is 9.97 Å². The highest BCUT2D eigenvalue weighted by molar-refractivity contribution is 5.68. The SMILES string of the molecule is Cc1nc(-c2cccc([N+](=O)[O-])c2)c(C#N)c(=O)[nH]1. The second-order valence-electron chi connectivity index (χ2n) is 3.79. The lowest BCUT2D eigenvalue weighted by atomic mass is 10.1. The first-order chi connectivity index (χ1) is 9.02. The molecule has 0 radical (unpaired) electrons. The topological polar surface area (TPSA) is 113 Å². The smallest absolute Gasteiger partial charge is 0.270 e. The second-order valence-corrected chi connectivity index (χ2v) is 3.79. The van der Waals surface area contributed by atoms with E-state index in [2.05, 4.69) is 9.97 Å². The Morgan fingerprint density at radius 3 is 2.84 bits per heavy atom. The molecule has 0 unspecified atom stereocenters. The van der Waals surface area contributed by atoms with E-state index in [0.29, 0.717) is 11.4 Å². The lowest BCUT2D eigenvalue weighted by Crippen LogP contribution is -2.15. The summed E-state index contributed by atoms with van der Waals surface area (Å²) in [5.41, 5.74) is -0.337. The molecule has 1 aromatic heterocycles. The first-order valence-corrected chi connectivity index (χ1v) is 5.29. The summed E-state index contributed by atoms with van der Waals surface area (Å²) < 4.78 is 0. The van der Waals surface area contributed by atoms with Crippen LogP contribution in [-0.2, 0) is 0 Å². The number of nitrogens with zero attached hydrogens (tertiary/aromatic N) is 3. The summed E-state index contributed by atoms with van der Waals surface area (Å²) >= 11 is 0. The Bertz CT molecular complexity index is 758. The van der Waals surface area contributed by atoms with Crippen LogP contribution in [0.3, 0.4) is 0 Å². The molecule has 0 aliphatic rings. The molecule has 0 aliphatic carbocycles. The molecule has 19 heavy (non-hydrogen) atoms. The molecular formula is C12H8N4O3. The zero-order chi connectivity index (χ0) is 14.0. The largest absolute Gasteiger partial charge is 0.310 e. The van der Waals surface area contributed by atoms with Gasteiger partial charge in [-0.05, 0) is 6.92 Å². The number of nitriles is 1. The highest BCUT2D eigenvalue weighted by Crippen LogP contribution is 2.23. The maximum atomic E-state index is 11.6. The zero-order valence-corrected chi connectivity index (χ0v) is 9.88. The Labute approximate surface area is 107 Å². The Hall–Kier alpha value is -3.01. The number of aromatic amines is 1. The predicted octanol–water partition coefficient (Wildman–Crippen LogP) is 1.53. The van der Waals surface area contributed by atoms with Crippen LogP contribution >= 0.6 is 0 Å². The number of nitro benzene ring substituents is 1. The minimum atomic E-state index is -0.559. The first kappa shape index (κ1) is 12.4. The van der Waals surface area contributed by atoms with E-state index in [1.165, 1.54) is 18.2 Å². The van der Waals surface area contributed by atoms with E-state index in [9.17, 15) is 14.9 Å². The van der Waals surface area contributed by atoms with Crippen LogP contribution in [0.15, 0.2) is 29.1 Å². The second kappa shape index (κ2) is 4.70. The number of non-ortho nitro benzene ring substituents is 1. The average Bonchev–Trinajstić information content (AvgIpc) is 2.38. The van der Waals surface area contributed by atoms with E-state index in [-0.39, 0.29) is 16.9 Å². The number of benzene rings is 1. The predicted molar refractivity (Wildman–Crippen MR) is 66.4 cm³/mol. The van der Waals surface area contributed by atoms with Crippen LogP contribution in [0.4, 0.5) is 5.69 Å². The molecule has 1 heterocycles. The Morgan fingerprint density at radius 2 is 2.21 bits per heavy atom. The summed E-state index contributed by atoms with van der Waals surface area (Å²) in [5, 5.41) is 19.7. The number of rotatable bonds is 2. The van der Waals surface area contributed by atoms with Gasteiger partial charge in [-0.3, -0.25) is 14.9 Å². The van der Waals surface area contributed by atoms with Gasteiger partial charge in [0.25, 0.3) is 11.2 Å². The van der Waals surface area contributed by atoms with Gasteiger partial charge in [-0.15, -0.1) is 0 Å². The summed E-state index contributed by atoms with van der Waals surface area (Å²) in [6.07, 6.45) is 0. The Kier molecular flexibility index (Phi) is 3.08. The van der Waals surface area contributed by atoms with Crippen LogP contribution in [0.5, 0.6) is 0 Å². The molecule has 0 fully saturated rings. The number of H-pyrrole nitrogens is 1. The van der Waals surface area contributed by atoms with Crippen molar-refractivity contribution in [2.75, 3.05) is 0 Å². The molecule has 0 aliphatic heterocycles. The molecule has 0 amide bonds. The highest BCUT2D eigenvalue weighted by atomic mass is 16.6. The summed E-state index contributed by atoms with van der Waals surface area (Å²) in [6, 6.07) is 7.41. The van der Waals surface area contributed by atoms with Crippen molar-refractivity contribution in [3.63, 3.8) is 0 Å². The normalized spacial score (nSPS) is 9.89. The van der Waals surface area contributed by atoms with Gasteiger partial charge in [0.05, 0.1) is 10.6 Å². The molecule has 7 heteroatoms. The van der Waals surface area contributed by atoms with Gasteiger partial charge in [-0.1, -0.05) is 12.1 Å². The lowest BCUT2D eigenvalue weighted by Gasteiger charge is -2.03. The molecule has 0 spiro atoms. The number of aryl methyl sites for hydroxylation is 1. The molecule has 0 saturated heterocycles. The summed E-state index contributed by atoms with van der Waals surface area (Å²) in [5.74, 6) is 0.338. The molecule has 0 bridgehead atoms. The Balaban J connectivity index is 2.72. The van der Waals surface area contributed by atoms with E-state index in [4.69, 9.17) is 5.26 Å². The Morgan fingerprint density at radius 1 is 1.47 bits per heavy atom. The van der Waals surface area contributed by atoms with Crippen molar-refractivity contribution in [3.05, 3.63) is 56.1 Å². The van der Waals surface area contributed by atoms with Crippen LogP contribution in [0.2, 0.25) is 0 Å². The van der Waals surface area contributed by atoms with Gasteiger partial charge in [-0.25, -0.2) is 4.98 Å². The molecule has 0 atom stereocenters. The van der Waals surface area contributed by atoms with Crippen LogP contribution in [-0.4, -0.2) is 14.9 Å². The van der Waals surface area contributed by atoms with Gasteiger partial charge in [0.15, 0.2) is 0 Å². The lowest BCUT2D eigenvalue weighted by molar-refractivity contribution is -0.384. The molecule has 94 valence electrons. The quantitative estimate of drug-likeness (QED) is 0.646. The van der Waals surface area contributed by atoms with Gasteiger partial charge in [0.2, 0.25) is 0 Å². The highest BCUT2D eigenvalue weighted by Gasteiger charge is 2.14. The molecule has 0 saturated carbocycles. The van der Waals surface area contributed by atoms with E-state index >= 15 is 0 Å². The summed E-state index contributed by atoms with van der Waals surface area (Å²) in [4.78, 5) is 28.3. The van der Waals surface area contributed by atoms with E-state index in [1.54, 1.807) is 19.1 Å². The molecule has 1 N–H and O–H groups in total. The third-order valence-electron chi connectivity index (χ3n) is 2.48. The number of aromatic nitrogens is 2. The van der Waals surface area contributed by atoms with E-state index in [1.807, 2.05) is 0 Å². The number of nitro groups is 1. The summed E-state index contributed by atoms with van der Waals surface area (Å²) in [6.45, 7) is 1.57. The first-order valence-electron chi connectivity index (χ1n) is 5.29. The van der Waals surface area contributed by atoms with Crippen LogP contribution in [0.1, 0.15) is 11.4 Å². The van der Waals surface area contributed by atoms with Gasteiger partial charge < -0.3 is 4.98 Å².